The second kappa shape index (κ2) is 7.03. The maximum Gasteiger partial charge on any atom is 0.323 e. The quantitative estimate of drug-likeness (QED) is 0.476. The summed E-state index contributed by atoms with van der Waals surface area (Å²) in [4.78, 5) is 11.0. The summed E-state index contributed by atoms with van der Waals surface area (Å²) in [6.45, 7) is -0.0338. The number of fused-ring (bicyclic) bond motifs is 1. The van der Waals surface area contributed by atoms with E-state index in [2.05, 4.69) is 23.5 Å². The highest BCUT2D eigenvalue weighted by Gasteiger charge is 2.51. The number of aliphatic carboxylic acids is 1. The summed E-state index contributed by atoms with van der Waals surface area (Å²) in [5, 5.41) is 14.3. The molecule has 0 unspecified atom stereocenters. The maximum absolute atomic E-state index is 11.0. The molecule has 7 rings (SSSR count). The molecular formula is C26H27ClN2O2. The molecule has 2 N–H and O–H groups in total. The third-order valence-electron chi connectivity index (χ3n) is 7.98. The number of anilines is 2. The lowest BCUT2D eigenvalue weighted by Gasteiger charge is -2.57. The third kappa shape index (κ3) is 3.32. The smallest absolute Gasteiger partial charge is 0.323 e. The van der Waals surface area contributed by atoms with E-state index in [1.54, 1.807) is 4.57 Å². The maximum atomic E-state index is 11.0. The average molecular weight is 435 g/mol. The van der Waals surface area contributed by atoms with Crippen molar-refractivity contribution in [1.82, 2.24) is 4.57 Å². The molecule has 0 atom stereocenters. The summed E-state index contributed by atoms with van der Waals surface area (Å²) >= 11 is 6.77. The van der Waals surface area contributed by atoms with Crippen LogP contribution < -0.4 is 5.32 Å². The van der Waals surface area contributed by atoms with Crippen molar-refractivity contribution in [2.24, 2.45) is 17.8 Å². The Hall–Kier alpha value is -2.46. The summed E-state index contributed by atoms with van der Waals surface area (Å²) in [5.41, 5.74) is 4.56. The largest absolute Gasteiger partial charge is 0.480 e. The molecule has 2 aromatic carbocycles. The predicted molar refractivity (Wildman–Crippen MR) is 124 cm³/mol. The van der Waals surface area contributed by atoms with Gasteiger partial charge >= 0.3 is 5.97 Å². The summed E-state index contributed by atoms with van der Waals surface area (Å²) in [5.74, 6) is 1.92. The summed E-state index contributed by atoms with van der Waals surface area (Å²) in [7, 11) is 0. The first-order valence-electron chi connectivity index (χ1n) is 11.4. The first kappa shape index (κ1) is 19.2. The number of hydrogen-bond donors (Lipinski definition) is 2. The van der Waals surface area contributed by atoms with Crippen molar-refractivity contribution in [3.63, 3.8) is 0 Å². The minimum atomic E-state index is -0.842. The van der Waals surface area contributed by atoms with Crippen molar-refractivity contribution in [1.29, 1.82) is 0 Å². The zero-order valence-corrected chi connectivity index (χ0v) is 18.2. The van der Waals surface area contributed by atoms with Crippen LogP contribution in [-0.4, -0.2) is 15.6 Å². The van der Waals surface area contributed by atoms with Crippen LogP contribution in [0, 0.1) is 17.8 Å². The number of halogens is 1. The number of carboxylic acids is 1. The van der Waals surface area contributed by atoms with Gasteiger partial charge < -0.3 is 15.0 Å². The molecule has 0 radical (unpaired) electrons. The Balaban J connectivity index is 1.25. The van der Waals surface area contributed by atoms with Crippen LogP contribution in [0.25, 0.3) is 10.9 Å². The van der Waals surface area contributed by atoms with Crippen LogP contribution in [0.15, 0.2) is 48.7 Å². The number of aromatic nitrogens is 1. The van der Waals surface area contributed by atoms with Crippen molar-refractivity contribution in [2.75, 3.05) is 5.32 Å². The summed E-state index contributed by atoms with van der Waals surface area (Å²) < 4.78 is 1.74. The fraction of sp³-hybridized carbons (Fsp3) is 0.423. The molecule has 0 aliphatic heterocycles. The SMILES string of the molecule is O=C(O)Cn1ccc2cc(Nc3ccc(C45CC6CC(CC(C6)C4)C5)cc3Cl)ccc21. The van der Waals surface area contributed by atoms with Gasteiger partial charge in [0.1, 0.15) is 6.54 Å². The second-order valence-electron chi connectivity index (χ2n) is 10.1. The standard InChI is InChI=1S/C26H27ClN2O2/c27-22-11-20(26-12-16-7-17(13-26)9-18(8-16)14-26)1-3-23(22)28-21-2-4-24-19(10-21)5-6-29(24)15-25(30)31/h1-6,10-11,16-18,28H,7-9,12-15H2,(H,30,31). The number of hydrogen-bond acceptors (Lipinski definition) is 2. The van der Waals surface area contributed by atoms with E-state index in [1.807, 2.05) is 30.5 Å². The third-order valence-corrected chi connectivity index (χ3v) is 8.29. The molecule has 160 valence electrons. The Morgan fingerprint density at radius 1 is 1.03 bits per heavy atom. The van der Waals surface area contributed by atoms with Gasteiger partial charge in [0.05, 0.1) is 10.7 Å². The monoisotopic (exact) mass is 434 g/mol. The number of benzene rings is 2. The van der Waals surface area contributed by atoms with Crippen LogP contribution in [0.5, 0.6) is 0 Å². The molecule has 1 heterocycles. The lowest BCUT2D eigenvalue weighted by atomic mass is 9.48. The number of rotatable bonds is 5. The van der Waals surface area contributed by atoms with Gasteiger partial charge in [0, 0.05) is 22.8 Å². The van der Waals surface area contributed by atoms with E-state index in [4.69, 9.17) is 16.7 Å². The van der Waals surface area contributed by atoms with Gasteiger partial charge in [-0.2, -0.15) is 0 Å². The van der Waals surface area contributed by atoms with Crippen molar-refractivity contribution in [2.45, 2.75) is 50.5 Å². The molecule has 31 heavy (non-hydrogen) atoms. The summed E-state index contributed by atoms with van der Waals surface area (Å²) in [6.07, 6.45) is 10.2. The first-order chi connectivity index (χ1) is 15.0. The molecule has 3 aromatic rings. The van der Waals surface area contributed by atoms with Gasteiger partial charge in [-0.3, -0.25) is 4.79 Å². The van der Waals surface area contributed by atoms with Crippen LogP contribution in [-0.2, 0) is 16.8 Å². The molecule has 0 saturated heterocycles. The number of carboxylic acid groups (broad SMARTS) is 1. The van der Waals surface area contributed by atoms with Crippen molar-refractivity contribution in [3.8, 4) is 0 Å². The van der Waals surface area contributed by atoms with Crippen LogP contribution in [0.2, 0.25) is 5.02 Å². The lowest BCUT2D eigenvalue weighted by molar-refractivity contribution is -0.137. The zero-order valence-electron chi connectivity index (χ0n) is 17.5. The minimum Gasteiger partial charge on any atom is -0.480 e. The van der Waals surface area contributed by atoms with E-state index in [1.165, 1.54) is 44.1 Å². The van der Waals surface area contributed by atoms with Crippen LogP contribution >= 0.6 is 11.6 Å². The molecule has 4 aliphatic carbocycles. The Labute approximate surface area is 187 Å². The second-order valence-corrected chi connectivity index (χ2v) is 10.5. The van der Waals surface area contributed by atoms with Gasteiger partial charge in [-0.05, 0) is 104 Å². The van der Waals surface area contributed by atoms with Gasteiger partial charge in [-0.1, -0.05) is 17.7 Å². The summed E-state index contributed by atoms with van der Waals surface area (Å²) in [6, 6.07) is 14.6. The Kier molecular flexibility index (Phi) is 4.36. The van der Waals surface area contributed by atoms with E-state index >= 15 is 0 Å². The molecule has 1 aromatic heterocycles. The van der Waals surface area contributed by atoms with E-state index in [0.717, 1.165) is 45.1 Å². The molecule has 4 fully saturated rings. The highest BCUT2D eigenvalue weighted by molar-refractivity contribution is 6.33. The van der Waals surface area contributed by atoms with Crippen LogP contribution in [0.3, 0.4) is 0 Å². The minimum absolute atomic E-state index is 0.0338. The van der Waals surface area contributed by atoms with Gasteiger partial charge in [-0.25, -0.2) is 0 Å². The van der Waals surface area contributed by atoms with Crippen molar-refractivity contribution >= 4 is 39.8 Å². The van der Waals surface area contributed by atoms with Gasteiger partial charge in [0.15, 0.2) is 0 Å². The molecular weight excluding hydrogens is 408 g/mol. The van der Waals surface area contributed by atoms with Gasteiger partial charge in [-0.15, -0.1) is 0 Å². The number of nitrogens with one attached hydrogen (secondary N) is 1. The number of nitrogens with zero attached hydrogens (tertiary/aromatic N) is 1. The Morgan fingerprint density at radius 2 is 1.74 bits per heavy atom. The highest BCUT2D eigenvalue weighted by Crippen LogP contribution is 2.61. The van der Waals surface area contributed by atoms with Crippen LogP contribution in [0.4, 0.5) is 11.4 Å². The Morgan fingerprint density at radius 3 is 2.39 bits per heavy atom. The Bertz CT molecular complexity index is 1150. The van der Waals surface area contributed by atoms with E-state index in [-0.39, 0.29) is 6.54 Å². The van der Waals surface area contributed by atoms with E-state index in [9.17, 15) is 4.79 Å². The number of carbonyl (C=O) groups is 1. The van der Waals surface area contributed by atoms with E-state index < -0.39 is 5.97 Å². The molecule has 4 bridgehead atoms. The first-order valence-corrected chi connectivity index (χ1v) is 11.7. The van der Waals surface area contributed by atoms with Crippen molar-refractivity contribution in [3.05, 3.63) is 59.2 Å². The fourth-order valence-electron chi connectivity index (χ4n) is 7.13. The molecule has 4 nitrogen and oxygen atoms in total. The normalized spacial score (nSPS) is 28.9. The molecule has 0 amide bonds. The lowest BCUT2D eigenvalue weighted by Crippen LogP contribution is -2.48. The predicted octanol–water partition coefficient (Wildman–Crippen LogP) is 6.59. The molecule has 5 heteroatoms. The highest BCUT2D eigenvalue weighted by atomic mass is 35.5. The van der Waals surface area contributed by atoms with Crippen molar-refractivity contribution < 1.29 is 9.90 Å². The molecule has 4 saturated carbocycles. The fourth-order valence-corrected chi connectivity index (χ4v) is 7.36. The zero-order chi connectivity index (χ0) is 21.2. The van der Waals surface area contributed by atoms with Gasteiger partial charge in [0.25, 0.3) is 0 Å². The van der Waals surface area contributed by atoms with Crippen LogP contribution in [0.1, 0.15) is 44.1 Å². The van der Waals surface area contributed by atoms with E-state index in [0.29, 0.717) is 5.41 Å². The molecule has 0 spiro atoms. The average Bonchev–Trinajstić information content (AvgIpc) is 3.10. The molecule has 4 aliphatic rings. The van der Waals surface area contributed by atoms with Gasteiger partial charge in [0.2, 0.25) is 0 Å². The topological polar surface area (TPSA) is 54.3 Å².